The molecule has 0 aliphatic rings. The Morgan fingerprint density at radius 1 is 1.80 bits per heavy atom. The van der Waals surface area contributed by atoms with Crippen molar-refractivity contribution < 1.29 is 10.0 Å². The molecular formula is CH5NO2Si. The van der Waals surface area contributed by atoms with Crippen LogP contribution in [0.25, 0.3) is 0 Å². The Bertz CT molecular complexity index is 47.6. The van der Waals surface area contributed by atoms with Crippen molar-refractivity contribution in [1.29, 1.82) is 0 Å². The number of hydrogen-bond acceptors (Lipinski definition) is 3. The molecule has 1 N–H and O–H groups in total. The normalized spacial score (nSPS) is 3.20. The topological polar surface area (TPSA) is 49.7 Å². The van der Waals surface area contributed by atoms with Gasteiger partial charge in [-0.05, 0) is 11.0 Å². The van der Waals surface area contributed by atoms with Gasteiger partial charge in [0, 0.05) is 5.16 Å². The van der Waals surface area contributed by atoms with E-state index in [9.17, 15) is 0 Å². The largest absolute Gasteiger partial charge is 0.401 e. The highest BCUT2D eigenvalue weighted by Gasteiger charge is 1.31. The molecule has 0 radical (unpaired) electrons. The maximum absolute atomic E-state index is 8.63. The molecule has 5 heavy (non-hydrogen) atoms. The summed E-state index contributed by atoms with van der Waals surface area (Å²) in [4.78, 5) is 8.63. The van der Waals surface area contributed by atoms with E-state index in [0.717, 1.165) is 6.08 Å². The average molecular weight is 91.1 g/mol. The van der Waals surface area contributed by atoms with Gasteiger partial charge < -0.3 is 5.21 Å². The molecule has 0 fully saturated rings. The Kier molecular flexibility index (Phi) is 17.7. The number of isocyanates is 1. The van der Waals surface area contributed by atoms with Crippen molar-refractivity contribution in [3.05, 3.63) is 0 Å². The smallest absolute Gasteiger partial charge is 0.276 e. The molecule has 0 heterocycles. The van der Waals surface area contributed by atoms with Gasteiger partial charge in [0.1, 0.15) is 0 Å². The van der Waals surface area contributed by atoms with Crippen molar-refractivity contribution in [2.45, 2.75) is 0 Å². The minimum Gasteiger partial charge on any atom is -0.401 e. The third kappa shape index (κ3) is 42.1. The molecule has 0 amide bonds. The molecule has 0 aromatic carbocycles. The molecule has 3 nitrogen and oxygen atoms in total. The van der Waals surface area contributed by atoms with Crippen LogP contribution >= 0.6 is 0 Å². The van der Waals surface area contributed by atoms with E-state index in [1.165, 1.54) is 0 Å². The highest BCUT2D eigenvalue weighted by atomic mass is 28.1. The molecule has 0 spiro atoms. The Hall–Kier alpha value is -0.603. The van der Waals surface area contributed by atoms with Crippen LogP contribution in [0.5, 0.6) is 0 Å². The second kappa shape index (κ2) is 10.0. The van der Waals surface area contributed by atoms with Crippen LogP contribution in [-0.4, -0.2) is 22.3 Å². The Morgan fingerprint density at radius 2 is 2.00 bits per heavy atom. The summed E-state index contributed by atoms with van der Waals surface area (Å²) < 4.78 is 0. The first-order chi connectivity index (χ1) is 1.91. The first-order valence-electron chi connectivity index (χ1n) is 0.628. The first-order valence-corrected chi connectivity index (χ1v) is 0.628. The van der Waals surface area contributed by atoms with Gasteiger partial charge in [-0.15, -0.1) is 0 Å². The Morgan fingerprint density at radius 3 is 2.00 bits per heavy atom. The monoisotopic (exact) mass is 91.0 g/mol. The van der Waals surface area contributed by atoms with E-state index in [4.69, 9.17) is 10.0 Å². The van der Waals surface area contributed by atoms with Crippen LogP contribution in [0.15, 0.2) is 5.16 Å². The van der Waals surface area contributed by atoms with Crippen molar-refractivity contribution in [2.24, 2.45) is 5.16 Å². The Balaban J connectivity index is 0. The highest BCUT2D eigenvalue weighted by molar-refractivity contribution is 5.75. The van der Waals surface area contributed by atoms with Gasteiger partial charge >= 0.3 is 0 Å². The lowest BCUT2D eigenvalue weighted by atomic mass is 11.7. The van der Waals surface area contributed by atoms with Crippen LogP contribution in [0.3, 0.4) is 0 Å². The van der Waals surface area contributed by atoms with Crippen LogP contribution in [0.1, 0.15) is 0 Å². The molecule has 0 saturated carbocycles. The van der Waals surface area contributed by atoms with Gasteiger partial charge in [0.25, 0.3) is 6.08 Å². The van der Waals surface area contributed by atoms with Crippen molar-refractivity contribution >= 4 is 17.0 Å². The van der Waals surface area contributed by atoms with Crippen molar-refractivity contribution in [1.82, 2.24) is 0 Å². The fourth-order valence-electron chi connectivity index (χ4n) is 0. The zero-order valence-electron chi connectivity index (χ0n) is 1.80. The van der Waals surface area contributed by atoms with Gasteiger partial charge in [-0.3, -0.25) is 0 Å². The quantitative estimate of drug-likeness (QED) is 0.126. The molecule has 0 rings (SSSR count). The summed E-state index contributed by atoms with van der Waals surface area (Å²) in [6.07, 6.45) is 0.861. The summed E-state index contributed by atoms with van der Waals surface area (Å²) in [7, 11) is 0. The average Bonchev–Trinajstić information content (AvgIpc) is 1.37. The summed E-state index contributed by atoms with van der Waals surface area (Å²) in [5, 5.41) is 9.01. The lowest BCUT2D eigenvalue weighted by Crippen LogP contribution is -1.40. The molecule has 0 aromatic heterocycles. The van der Waals surface area contributed by atoms with Gasteiger partial charge in [-0.2, -0.15) is 0 Å². The van der Waals surface area contributed by atoms with Gasteiger partial charge in [-0.25, -0.2) is 4.79 Å². The van der Waals surface area contributed by atoms with Gasteiger partial charge in [0.2, 0.25) is 0 Å². The summed E-state index contributed by atoms with van der Waals surface area (Å²) in [5.41, 5.74) is 0. The molecular weight excluding hydrogens is 86.1 g/mol. The SMILES string of the molecule is O=C=NO.[SiH4]. The molecule has 30 valence electrons. The third-order valence-corrected chi connectivity index (χ3v) is 0.0408. The van der Waals surface area contributed by atoms with Crippen LogP contribution in [0.2, 0.25) is 0 Å². The third-order valence-electron chi connectivity index (χ3n) is 0.0408. The zero-order valence-corrected chi connectivity index (χ0v) is 1.80. The van der Waals surface area contributed by atoms with E-state index in [1.54, 1.807) is 0 Å². The fraction of sp³-hybridized carbons (Fsp3) is 0. The predicted octanol–water partition coefficient (Wildman–Crippen LogP) is -1.74. The molecule has 0 bridgehead atoms. The highest BCUT2D eigenvalue weighted by Crippen LogP contribution is 1.26. The Labute approximate surface area is 33.3 Å². The second-order valence-electron chi connectivity index (χ2n) is 0.191. The second-order valence-corrected chi connectivity index (χ2v) is 0.191. The molecule has 0 saturated heterocycles. The van der Waals surface area contributed by atoms with Gasteiger partial charge in [0.15, 0.2) is 0 Å². The number of hydrogen-bond donors (Lipinski definition) is 1. The summed E-state index contributed by atoms with van der Waals surface area (Å²) >= 11 is 0. The van der Waals surface area contributed by atoms with E-state index in [1.807, 2.05) is 5.16 Å². The van der Waals surface area contributed by atoms with Crippen molar-refractivity contribution in [2.75, 3.05) is 0 Å². The van der Waals surface area contributed by atoms with Gasteiger partial charge in [-0.1, -0.05) is 0 Å². The lowest BCUT2D eigenvalue weighted by molar-refractivity contribution is 0.315. The van der Waals surface area contributed by atoms with Crippen LogP contribution in [0.4, 0.5) is 0 Å². The first kappa shape index (κ1) is 8.83. The molecule has 4 heteroatoms. The number of nitrogens with zero attached hydrogens (tertiary/aromatic N) is 1. The van der Waals surface area contributed by atoms with Crippen LogP contribution in [0, 0.1) is 0 Å². The zero-order chi connectivity index (χ0) is 3.41. The number of rotatable bonds is 0. The maximum atomic E-state index is 8.63. The van der Waals surface area contributed by atoms with Crippen LogP contribution in [-0.2, 0) is 4.79 Å². The maximum Gasteiger partial charge on any atom is 0.276 e. The summed E-state index contributed by atoms with van der Waals surface area (Å²) in [6.45, 7) is 0. The lowest BCUT2D eigenvalue weighted by Gasteiger charge is -1.40. The van der Waals surface area contributed by atoms with Crippen LogP contribution < -0.4 is 0 Å². The van der Waals surface area contributed by atoms with E-state index in [2.05, 4.69) is 0 Å². The van der Waals surface area contributed by atoms with E-state index >= 15 is 0 Å². The molecule has 0 aromatic rings. The van der Waals surface area contributed by atoms with E-state index < -0.39 is 0 Å². The van der Waals surface area contributed by atoms with Gasteiger partial charge in [0.05, 0.1) is 0 Å². The molecule has 0 aliphatic carbocycles. The molecule has 0 unspecified atom stereocenters. The molecule has 0 atom stereocenters. The van der Waals surface area contributed by atoms with E-state index in [0.29, 0.717) is 0 Å². The summed E-state index contributed by atoms with van der Waals surface area (Å²) in [6, 6.07) is 0. The van der Waals surface area contributed by atoms with Crippen molar-refractivity contribution in [3.63, 3.8) is 0 Å². The minimum absolute atomic E-state index is 0. The fourth-order valence-corrected chi connectivity index (χ4v) is 0. The standard InChI is InChI=1S/CHNO2.H4Si/c3-1-2-4;/h4H;1H4. The predicted molar refractivity (Wildman–Crippen MR) is 21.2 cm³/mol. The van der Waals surface area contributed by atoms with E-state index in [-0.39, 0.29) is 11.0 Å². The molecule has 0 aliphatic heterocycles. The van der Waals surface area contributed by atoms with Crippen molar-refractivity contribution in [3.8, 4) is 0 Å². The number of carbonyl (C=O) groups excluding carboxylic acids is 1. The minimum atomic E-state index is 0. The summed E-state index contributed by atoms with van der Waals surface area (Å²) in [5.74, 6) is 0.